The van der Waals surface area contributed by atoms with Gasteiger partial charge in [0.05, 0.1) is 16.1 Å². The maximum atomic E-state index is 13.7. The molecule has 0 spiro atoms. The fraction of sp³-hybridized carbons (Fsp3) is 0.188. The van der Waals surface area contributed by atoms with Crippen LogP contribution in [0.3, 0.4) is 0 Å². The zero-order valence-electron chi connectivity index (χ0n) is 13.1. The van der Waals surface area contributed by atoms with Crippen LogP contribution in [0.25, 0.3) is 0 Å². The van der Waals surface area contributed by atoms with Crippen molar-refractivity contribution < 1.29 is 35.5 Å². The van der Waals surface area contributed by atoms with Gasteiger partial charge in [0.1, 0.15) is 5.82 Å². The van der Waals surface area contributed by atoms with Crippen LogP contribution in [-0.4, -0.2) is 6.03 Å². The van der Waals surface area contributed by atoms with E-state index in [0.717, 1.165) is 18.2 Å². The second-order valence-corrected chi connectivity index (χ2v) is 5.71. The van der Waals surface area contributed by atoms with Crippen molar-refractivity contribution in [1.82, 2.24) is 5.32 Å². The molecule has 0 fully saturated rings. The second-order valence-electron chi connectivity index (χ2n) is 5.30. The fourth-order valence-corrected chi connectivity index (χ4v) is 2.26. The Balaban J connectivity index is 2.03. The average molecular weight is 415 g/mol. The third kappa shape index (κ3) is 5.49. The summed E-state index contributed by atoms with van der Waals surface area (Å²) >= 11 is 5.45. The Morgan fingerprint density at radius 1 is 0.963 bits per heavy atom. The first kappa shape index (κ1) is 20.8. The van der Waals surface area contributed by atoms with Crippen molar-refractivity contribution in [2.75, 3.05) is 5.32 Å². The Hall–Kier alpha value is -2.49. The van der Waals surface area contributed by atoms with Gasteiger partial charge in [-0.3, -0.25) is 0 Å². The van der Waals surface area contributed by atoms with E-state index < -0.39 is 46.9 Å². The largest absolute Gasteiger partial charge is 0.417 e. The molecule has 0 radical (unpaired) electrons. The standard InChI is InChI=1S/C16H10ClF7N2O/c17-12-4-3-10(6-11(12)16(22,23)24)26-14(27)25-7-8-1-2-9(5-13(8)18)15(19,20)21/h1-6H,7H2,(H2,25,26,27). The lowest BCUT2D eigenvalue weighted by Gasteiger charge is -2.13. The van der Waals surface area contributed by atoms with Gasteiger partial charge >= 0.3 is 18.4 Å². The van der Waals surface area contributed by atoms with E-state index in [2.05, 4.69) is 10.6 Å². The van der Waals surface area contributed by atoms with Crippen LogP contribution >= 0.6 is 11.6 Å². The molecule has 0 atom stereocenters. The van der Waals surface area contributed by atoms with Gasteiger partial charge in [0, 0.05) is 17.8 Å². The number of hydrogen-bond donors (Lipinski definition) is 2. The van der Waals surface area contributed by atoms with Crippen LogP contribution in [0.2, 0.25) is 5.02 Å². The van der Waals surface area contributed by atoms with Crippen LogP contribution < -0.4 is 10.6 Å². The van der Waals surface area contributed by atoms with Gasteiger partial charge in [-0.1, -0.05) is 17.7 Å². The summed E-state index contributed by atoms with van der Waals surface area (Å²) in [6.45, 7) is -0.477. The Bertz CT molecular complexity index is 850. The molecule has 2 amide bonds. The Labute approximate surface area is 153 Å². The van der Waals surface area contributed by atoms with Gasteiger partial charge in [-0.15, -0.1) is 0 Å². The van der Waals surface area contributed by atoms with E-state index in [1.165, 1.54) is 0 Å². The van der Waals surface area contributed by atoms with E-state index in [1.54, 1.807) is 0 Å². The van der Waals surface area contributed by atoms with Gasteiger partial charge in [0.15, 0.2) is 0 Å². The lowest BCUT2D eigenvalue weighted by atomic mass is 10.1. The van der Waals surface area contributed by atoms with Crippen molar-refractivity contribution in [3.05, 3.63) is 63.9 Å². The fourth-order valence-electron chi connectivity index (χ4n) is 2.04. The Morgan fingerprint density at radius 2 is 1.63 bits per heavy atom. The summed E-state index contributed by atoms with van der Waals surface area (Å²) in [5.41, 5.74) is -2.80. The molecule has 0 aromatic heterocycles. The number of amides is 2. The Kier molecular flexibility index (Phi) is 5.88. The molecule has 27 heavy (non-hydrogen) atoms. The van der Waals surface area contributed by atoms with E-state index in [-0.39, 0.29) is 17.3 Å². The molecule has 3 nitrogen and oxygen atoms in total. The number of nitrogens with one attached hydrogen (secondary N) is 2. The number of carbonyl (C=O) groups excluding carboxylic acids is 1. The molecular weight excluding hydrogens is 405 g/mol. The summed E-state index contributed by atoms with van der Waals surface area (Å²) in [4.78, 5) is 11.7. The van der Waals surface area contributed by atoms with Gasteiger partial charge in [-0.2, -0.15) is 26.3 Å². The molecule has 0 heterocycles. The molecule has 0 saturated heterocycles. The van der Waals surface area contributed by atoms with Crippen molar-refractivity contribution in [2.24, 2.45) is 0 Å². The number of benzene rings is 2. The smallest absolute Gasteiger partial charge is 0.334 e. The van der Waals surface area contributed by atoms with Crippen LogP contribution in [-0.2, 0) is 18.9 Å². The first-order valence-corrected chi connectivity index (χ1v) is 7.53. The minimum absolute atomic E-state index is 0.225. The highest BCUT2D eigenvalue weighted by Crippen LogP contribution is 2.36. The summed E-state index contributed by atoms with van der Waals surface area (Å²) in [5, 5.41) is 3.67. The maximum absolute atomic E-state index is 13.7. The number of hydrogen-bond acceptors (Lipinski definition) is 1. The maximum Gasteiger partial charge on any atom is 0.417 e. The quantitative estimate of drug-likeness (QED) is 0.609. The third-order valence-electron chi connectivity index (χ3n) is 3.35. The molecule has 2 aromatic carbocycles. The van der Waals surface area contributed by atoms with Gasteiger partial charge in [-0.25, -0.2) is 9.18 Å². The molecule has 2 N–H and O–H groups in total. The highest BCUT2D eigenvalue weighted by molar-refractivity contribution is 6.31. The summed E-state index contributed by atoms with van der Waals surface area (Å²) in [7, 11) is 0. The SMILES string of the molecule is O=C(NCc1ccc(C(F)(F)F)cc1F)Nc1ccc(Cl)c(C(F)(F)F)c1. The molecule has 0 unspecified atom stereocenters. The molecule has 11 heteroatoms. The molecule has 0 aliphatic rings. The Morgan fingerprint density at radius 3 is 2.19 bits per heavy atom. The predicted octanol–water partition coefficient (Wildman–Crippen LogP) is 5.84. The van der Waals surface area contributed by atoms with Crippen molar-refractivity contribution in [1.29, 1.82) is 0 Å². The first-order chi connectivity index (χ1) is 12.4. The van der Waals surface area contributed by atoms with Crippen molar-refractivity contribution in [3.63, 3.8) is 0 Å². The lowest BCUT2D eigenvalue weighted by molar-refractivity contribution is -0.138. The minimum atomic E-state index is -4.73. The molecule has 0 aliphatic heterocycles. The number of anilines is 1. The van der Waals surface area contributed by atoms with E-state index in [1.807, 2.05) is 0 Å². The topological polar surface area (TPSA) is 41.1 Å². The van der Waals surface area contributed by atoms with Gasteiger partial charge in [0.2, 0.25) is 0 Å². The van der Waals surface area contributed by atoms with Crippen LogP contribution in [0.15, 0.2) is 36.4 Å². The molecule has 2 aromatic rings. The highest BCUT2D eigenvalue weighted by atomic mass is 35.5. The zero-order chi connectivity index (χ0) is 20.4. The van der Waals surface area contributed by atoms with Crippen molar-refractivity contribution in [2.45, 2.75) is 18.9 Å². The molecule has 0 saturated carbocycles. The number of carbonyl (C=O) groups is 1. The zero-order valence-corrected chi connectivity index (χ0v) is 13.9. The van der Waals surface area contributed by atoms with Crippen LogP contribution in [0.5, 0.6) is 0 Å². The van der Waals surface area contributed by atoms with E-state index >= 15 is 0 Å². The third-order valence-corrected chi connectivity index (χ3v) is 3.68. The average Bonchev–Trinajstić information content (AvgIpc) is 2.53. The summed E-state index contributed by atoms with van der Waals surface area (Å²) < 4.78 is 89.4. The summed E-state index contributed by atoms with van der Waals surface area (Å²) in [5.74, 6) is -1.18. The first-order valence-electron chi connectivity index (χ1n) is 7.15. The van der Waals surface area contributed by atoms with E-state index in [4.69, 9.17) is 11.6 Å². The molecule has 2 rings (SSSR count). The predicted molar refractivity (Wildman–Crippen MR) is 83.7 cm³/mol. The van der Waals surface area contributed by atoms with E-state index in [9.17, 15) is 35.5 Å². The van der Waals surface area contributed by atoms with Crippen LogP contribution in [0, 0.1) is 5.82 Å². The highest BCUT2D eigenvalue weighted by Gasteiger charge is 2.33. The lowest BCUT2D eigenvalue weighted by Crippen LogP contribution is -2.28. The van der Waals surface area contributed by atoms with Crippen molar-refractivity contribution in [3.8, 4) is 0 Å². The molecular formula is C16H10ClF7N2O. The monoisotopic (exact) mass is 414 g/mol. The number of rotatable bonds is 3. The van der Waals surface area contributed by atoms with Gasteiger partial charge in [0.25, 0.3) is 0 Å². The van der Waals surface area contributed by atoms with Crippen LogP contribution in [0.1, 0.15) is 16.7 Å². The number of urea groups is 1. The summed E-state index contributed by atoms with van der Waals surface area (Å²) in [6, 6.07) is 3.47. The normalized spacial score (nSPS) is 12.0. The van der Waals surface area contributed by atoms with E-state index in [0.29, 0.717) is 12.1 Å². The molecule has 146 valence electrons. The minimum Gasteiger partial charge on any atom is -0.334 e. The van der Waals surface area contributed by atoms with Crippen molar-refractivity contribution >= 4 is 23.3 Å². The summed E-state index contributed by atoms with van der Waals surface area (Å²) in [6.07, 6.45) is -9.44. The van der Waals surface area contributed by atoms with Gasteiger partial charge in [-0.05, 0) is 30.3 Å². The molecule has 0 aliphatic carbocycles. The number of halogens is 8. The van der Waals surface area contributed by atoms with Gasteiger partial charge < -0.3 is 10.6 Å². The molecule has 0 bridgehead atoms. The van der Waals surface area contributed by atoms with Crippen LogP contribution in [0.4, 0.5) is 41.2 Å². The second kappa shape index (κ2) is 7.63. The number of alkyl halides is 6.